The molecular weight excluding hydrogens is 340 g/mol. The molecule has 3 rings (SSSR count). The molecule has 0 aliphatic heterocycles. The van der Waals surface area contributed by atoms with Crippen LogP contribution in [0.4, 0.5) is 0 Å². The number of aldehydes is 1. The van der Waals surface area contributed by atoms with Crippen LogP contribution in [0.2, 0.25) is 0 Å². The second-order valence-electron chi connectivity index (χ2n) is 5.33. The SMILES string of the molecule is CC(=O)Oc1ccc(-c2sc3cc(OC(C)=O)ccc3c2C=O)cc1. The maximum absolute atomic E-state index is 11.6. The number of ether oxygens (including phenoxy) is 2. The van der Waals surface area contributed by atoms with Gasteiger partial charge in [-0.3, -0.25) is 14.4 Å². The Balaban J connectivity index is 2.04. The molecule has 0 aliphatic carbocycles. The van der Waals surface area contributed by atoms with Crippen LogP contribution >= 0.6 is 11.3 Å². The van der Waals surface area contributed by atoms with E-state index in [4.69, 9.17) is 9.47 Å². The van der Waals surface area contributed by atoms with Gasteiger partial charge in [0.1, 0.15) is 11.5 Å². The summed E-state index contributed by atoms with van der Waals surface area (Å²) in [5.74, 6) is 0.103. The fourth-order valence-electron chi connectivity index (χ4n) is 2.50. The highest BCUT2D eigenvalue weighted by molar-refractivity contribution is 7.22. The summed E-state index contributed by atoms with van der Waals surface area (Å²) < 4.78 is 11.0. The molecule has 126 valence electrons. The zero-order valence-corrected chi connectivity index (χ0v) is 14.4. The van der Waals surface area contributed by atoms with E-state index in [0.717, 1.165) is 26.8 Å². The van der Waals surface area contributed by atoms with Crippen molar-refractivity contribution in [2.75, 3.05) is 0 Å². The Bertz CT molecular complexity index is 969. The monoisotopic (exact) mass is 354 g/mol. The Morgan fingerprint density at radius 1 is 0.920 bits per heavy atom. The first-order valence-corrected chi connectivity index (χ1v) is 8.28. The van der Waals surface area contributed by atoms with Crippen LogP contribution in [0.15, 0.2) is 42.5 Å². The third-order valence-electron chi connectivity index (χ3n) is 3.46. The number of carbonyl (C=O) groups is 3. The van der Waals surface area contributed by atoms with Gasteiger partial charge >= 0.3 is 11.9 Å². The summed E-state index contributed by atoms with van der Waals surface area (Å²) in [6, 6.07) is 12.1. The van der Waals surface area contributed by atoms with Gasteiger partial charge < -0.3 is 9.47 Å². The van der Waals surface area contributed by atoms with Gasteiger partial charge in [-0.25, -0.2) is 0 Å². The smallest absolute Gasteiger partial charge is 0.308 e. The number of esters is 2. The van der Waals surface area contributed by atoms with E-state index in [1.165, 1.54) is 25.2 Å². The number of fused-ring (bicyclic) bond motifs is 1. The van der Waals surface area contributed by atoms with E-state index in [9.17, 15) is 14.4 Å². The molecular formula is C19H14O5S. The normalized spacial score (nSPS) is 10.5. The number of thiophene rings is 1. The molecule has 0 amide bonds. The Kier molecular flexibility index (Phi) is 4.63. The standard InChI is InChI=1S/C19H14O5S/c1-11(21)23-14-5-3-13(4-6-14)19-17(10-20)16-8-7-15(24-12(2)22)9-18(16)25-19/h3-10H,1-2H3. The van der Waals surface area contributed by atoms with Crippen molar-refractivity contribution in [2.24, 2.45) is 0 Å². The molecule has 2 aromatic carbocycles. The molecule has 0 saturated heterocycles. The van der Waals surface area contributed by atoms with Gasteiger partial charge in [0.15, 0.2) is 6.29 Å². The number of rotatable bonds is 4. The second-order valence-corrected chi connectivity index (χ2v) is 6.38. The summed E-state index contributed by atoms with van der Waals surface area (Å²) in [6.07, 6.45) is 0.819. The van der Waals surface area contributed by atoms with Crippen molar-refractivity contribution in [2.45, 2.75) is 13.8 Å². The molecule has 0 bridgehead atoms. The maximum Gasteiger partial charge on any atom is 0.308 e. The first-order valence-electron chi connectivity index (χ1n) is 7.47. The summed E-state index contributed by atoms with van der Waals surface area (Å²) in [5, 5.41) is 0.801. The van der Waals surface area contributed by atoms with Crippen LogP contribution in [0.25, 0.3) is 20.5 Å². The van der Waals surface area contributed by atoms with Gasteiger partial charge in [0.25, 0.3) is 0 Å². The largest absolute Gasteiger partial charge is 0.427 e. The average molecular weight is 354 g/mol. The second kappa shape index (κ2) is 6.86. The highest BCUT2D eigenvalue weighted by Crippen LogP contribution is 2.39. The van der Waals surface area contributed by atoms with E-state index < -0.39 is 5.97 Å². The zero-order valence-electron chi connectivity index (χ0n) is 13.6. The van der Waals surface area contributed by atoms with E-state index in [-0.39, 0.29) is 5.97 Å². The van der Waals surface area contributed by atoms with Gasteiger partial charge in [-0.05, 0) is 48.0 Å². The third-order valence-corrected chi connectivity index (χ3v) is 4.67. The van der Waals surface area contributed by atoms with Crippen LogP contribution in [0.1, 0.15) is 24.2 Å². The first kappa shape index (κ1) is 16.9. The summed E-state index contributed by atoms with van der Waals surface area (Å²) in [5.41, 5.74) is 1.42. The molecule has 6 heteroatoms. The van der Waals surface area contributed by atoms with E-state index in [0.29, 0.717) is 17.1 Å². The van der Waals surface area contributed by atoms with Crippen molar-refractivity contribution in [3.05, 3.63) is 48.0 Å². The lowest BCUT2D eigenvalue weighted by molar-refractivity contribution is -0.132. The predicted molar refractivity (Wildman–Crippen MR) is 95.3 cm³/mol. The van der Waals surface area contributed by atoms with Crippen LogP contribution in [-0.2, 0) is 9.59 Å². The Morgan fingerprint density at radius 2 is 1.52 bits per heavy atom. The lowest BCUT2D eigenvalue weighted by Gasteiger charge is -2.03. The number of carbonyl (C=O) groups excluding carboxylic acids is 3. The van der Waals surface area contributed by atoms with E-state index >= 15 is 0 Å². The lowest BCUT2D eigenvalue weighted by atomic mass is 10.1. The molecule has 5 nitrogen and oxygen atoms in total. The number of hydrogen-bond acceptors (Lipinski definition) is 6. The molecule has 0 radical (unpaired) electrons. The zero-order chi connectivity index (χ0) is 18.0. The molecule has 25 heavy (non-hydrogen) atoms. The first-order chi connectivity index (χ1) is 12.0. The lowest BCUT2D eigenvalue weighted by Crippen LogP contribution is -2.00. The topological polar surface area (TPSA) is 69.7 Å². The fourth-order valence-corrected chi connectivity index (χ4v) is 3.70. The van der Waals surface area contributed by atoms with Crippen molar-refractivity contribution in [3.63, 3.8) is 0 Å². The summed E-state index contributed by atoms with van der Waals surface area (Å²) >= 11 is 1.43. The highest BCUT2D eigenvalue weighted by atomic mass is 32.1. The fraction of sp³-hybridized carbons (Fsp3) is 0.105. The summed E-state index contributed by atoms with van der Waals surface area (Å²) in [4.78, 5) is 34.5. The summed E-state index contributed by atoms with van der Waals surface area (Å²) in [7, 11) is 0. The predicted octanol–water partition coefficient (Wildman–Crippen LogP) is 4.23. The molecule has 0 atom stereocenters. The summed E-state index contributed by atoms with van der Waals surface area (Å²) in [6.45, 7) is 2.68. The molecule has 3 aromatic rings. The number of benzene rings is 2. The average Bonchev–Trinajstić information content (AvgIpc) is 2.92. The van der Waals surface area contributed by atoms with Gasteiger partial charge in [0, 0.05) is 34.4 Å². The van der Waals surface area contributed by atoms with E-state index in [1.54, 1.807) is 42.5 Å². The molecule has 0 N–H and O–H groups in total. The quantitative estimate of drug-likeness (QED) is 0.398. The van der Waals surface area contributed by atoms with Crippen molar-refractivity contribution in [1.29, 1.82) is 0 Å². The minimum absolute atomic E-state index is 0.388. The van der Waals surface area contributed by atoms with Gasteiger partial charge in [-0.15, -0.1) is 11.3 Å². The Morgan fingerprint density at radius 3 is 2.12 bits per heavy atom. The molecule has 0 unspecified atom stereocenters. The molecule has 0 saturated carbocycles. The number of hydrogen-bond donors (Lipinski definition) is 0. The van der Waals surface area contributed by atoms with Gasteiger partial charge in [0.2, 0.25) is 0 Å². The van der Waals surface area contributed by atoms with Crippen molar-refractivity contribution < 1.29 is 23.9 Å². The van der Waals surface area contributed by atoms with Crippen LogP contribution in [0.5, 0.6) is 11.5 Å². The maximum atomic E-state index is 11.6. The molecule has 0 aliphatic rings. The molecule has 0 spiro atoms. The highest BCUT2D eigenvalue weighted by Gasteiger charge is 2.14. The van der Waals surface area contributed by atoms with E-state index in [1.807, 2.05) is 0 Å². The minimum Gasteiger partial charge on any atom is -0.427 e. The van der Waals surface area contributed by atoms with Crippen molar-refractivity contribution in [1.82, 2.24) is 0 Å². The van der Waals surface area contributed by atoms with Crippen molar-refractivity contribution in [3.8, 4) is 21.9 Å². The third kappa shape index (κ3) is 3.59. The molecule has 0 fully saturated rings. The van der Waals surface area contributed by atoms with Gasteiger partial charge in [-0.2, -0.15) is 0 Å². The van der Waals surface area contributed by atoms with Crippen LogP contribution in [0, 0.1) is 0 Å². The Labute approximate surface area is 147 Å². The minimum atomic E-state index is -0.396. The van der Waals surface area contributed by atoms with Crippen LogP contribution in [-0.4, -0.2) is 18.2 Å². The molecule has 1 heterocycles. The Hall–Kier alpha value is -2.99. The van der Waals surface area contributed by atoms with Gasteiger partial charge in [-0.1, -0.05) is 0 Å². The molecule has 1 aromatic heterocycles. The van der Waals surface area contributed by atoms with Gasteiger partial charge in [0.05, 0.1) is 0 Å². The van der Waals surface area contributed by atoms with Crippen LogP contribution in [0.3, 0.4) is 0 Å². The van der Waals surface area contributed by atoms with Crippen LogP contribution < -0.4 is 9.47 Å². The van der Waals surface area contributed by atoms with E-state index in [2.05, 4.69) is 0 Å². The van der Waals surface area contributed by atoms with Crippen molar-refractivity contribution >= 4 is 39.6 Å².